The van der Waals surface area contributed by atoms with Crippen molar-refractivity contribution in [1.29, 1.82) is 0 Å². The van der Waals surface area contributed by atoms with Gasteiger partial charge in [-0.1, -0.05) is 0 Å². The first-order valence-electron chi connectivity index (χ1n) is 8.06. The number of aliphatic carboxylic acids is 1. The summed E-state index contributed by atoms with van der Waals surface area (Å²) in [7, 11) is 0. The number of hydrogen-bond acceptors (Lipinski definition) is 6. The van der Waals surface area contributed by atoms with Crippen molar-refractivity contribution < 1.29 is 19.4 Å². The van der Waals surface area contributed by atoms with Crippen LogP contribution in [-0.4, -0.2) is 45.2 Å². The summed E-state index contributed by atoms with van der Waals surface area (Å²) in [5.74, 6) is -1.54. The number of carboxylic acids is 1. The summed E-state index contributed by atoms with van der Waals surface area (Å²) in [5, 5.41) is 9.62. The van der Waals surface area contributed by atoms with Gasteiger partial charge >= 0.3 is 11.9 Å². The van der Waals surface area contributed by atoms with Gasteiger partial charge in [-0.15, -0.1) is 0 Å². The molecule has 1 aromatic rings. The Labute approximate surface area is 141 Å². The highest BCUT2D eigenvalue weighted by Gasteiger charge is 2.38. The van der Waals surface area contributed by atoms with Gasteiger partial charge in [0.05, 0.1) is 12.1 Å². The highest BCUT2D eigenvalue weighted by Crippen LogP contribution is 2.30. The molecule has 3 N–H and O–H groups in total. The molecule has 0 saturated carbocycles. The number of carbonyl (C=O) groups excluding carboxylic acids is 1. The number of nitrogens with two attached hydrogens (primary N) is 1. The van der Waals surface area contributed by atoms with E-state index in [1.807, 2.05) is 20.8 Å². The zero-order valence-electron chi connectivity index (χ0n) is 14.3. The van der Waals surface area contributed by atoms with E-state index in [0.717, 1.165) is 0 Å². The normalized spacial score (nSPS) is 23.5. The molecule has 132 valence electrons. The zero-order valence-corrected chi connectivity index (χ0v) is 14.3. The molecule has 1 saturated heterocycles. The third kappa shape index (κ3) is 4.52. The molecule has 7 heteroatoms. The average molecular weight is 335 g/mol. The highest BCUT2D eigenvalue weighted by molar-refractivity contribution is 5.76. The van der Waals surface area contributed by atoms with Crippen LogP contribution < -0.4 is 5.73 Å². The van der Waals surface area contributed by atoms with Gasteiger partial charge in [-0.25, -0.2) is 0 Å². The topological polar surface area (TPSA) is 106 Å². The van der Waals surface area contributed by atoms with E-state index in [-0.39, 0.29) is 11.9 Å². The SMILES string of the molecule is CC(C)(C)OC(=O)[C@@H]1CCN([C@@H](C(=O)O)c2ccncc2)[C@H](N)C1. The van der Waals surface area contributed by atoms with Crippen molar-refractivity contribution in [3.05, 3.63) is 30.1 Å². The van der Waals surface area contributed by atoms with Crippen molar-refractivity contribution in [1.82, 2.24) is 9.88 Å². The number of aromatic nitrogens is 1. The first kappa shape index (κ1) is 18.4. The first-order chi connectivity index (χ1) is 11.2. The van der Waals surface area contributed by atoms with E-state index in [4.69, 9.17) is 10.5 Å². The van der Waals surface area contributed by atoms with Crippen LogP contribution in [0.15, 0.2) is 24.5 Å². The van der Waals surface area contributed by atoms with Crippen molar-refractivity contribution >= 4 is 11.9 Å². The second-order valence-corrected chi connectivity index (χ2v) is 7.08. The summed E-state index contributed by atoms with van der Waals surface area (Å²) in [5.41, 5.74) is 6.27. The molecule has 24 heavy (non-hydrogen) atoms. The molecule has 3 atom stereocenters. The number of hydrogen-bond donors (Lipinski definition) is 2. The summed E-state index contributed by atoms with van der Waals surface area (Å²) >= 11 is 0. The molecule has 0 amide bonds. The summed E-state index contributed by atoms with van der Waals surface area (Å²) in [6.45, 7) is 5.89. The summed E-state index contributed by atoms with van der Waals surface area (Å²) in [6.07, 6.45) is 3.50. The maximum Gasteiger partial charge on any atom is 0.325 e. The molecule has 0 aliphatic carbocycles. The molecule has 0 bridgehead atoms. The van der Waals surface area contributed by atoms with E-state index >= 15 is 0 Å². The molecule has 2 rings (SSSR count). The monoisotopic (exact) mass is 335 g/mol. The predicted molar refractivity (Wildman–Crippen MR) is 87.9 cm³/mol. The van der Waals surface area contributed by atoms with Gasteiger partial charge < -0.3 is 15.6 Å². The number of pyridine rings is 1. The molecule has 2 heterocycles. The highest BCUT2D eigenvalue weighted by atomic mass is 16.6. The van der Waals surface area contributed by atoms with E-state index in [0.29, 0.717) is 24.9 Å². The van der Waals surface area contributed by atoms with Crippen LogP contribution in [0.25, 0.3) is 0 Å². The summed E-state index contributed by atoms with van der Waals surface area (Å²) in [4.78, 5) is 29.6. The molecule has 0 spiro atoms. The van der Waals surface area contributed by atoms with Crippen LogP contribution >= 0.6 is 0 Å². The van der Waals surface area contributed by atoms with Crippen LogP contribution in [-0.2, 0) is 14.3 Å². The van der Waals surface area contributed by atoms with Crippen molar-refractivity contribution in [2.75, 3.05) is 6.54 Å². The zero-order chi connectivity index (χ0) is 17.9. The van der Waals surface area contributed by atoms with E-state index in [9.17, 15) is 14.7 Å². The van der Waals surface area contributed by atoms with Gasteiger partial charge in [-0.2, -0.15) is 0 Å². The lowest BCUT2D eigenvalue weighted by molar-refractivity contribution is -0.163. The van der Waals surface area contributed by atoms with E-state index in [1.165, 1.54) is 0 Å². The van der Waals surface area contributed by atoms with Gasteiger partial charge in [0.25, 0.3) is 0 Å². The van der Waals surface area contributed by atoms with Crippen molar-refractivity contribution in [3.8, 4) is 0 Å². The van der Waals surface area contributed by atoms with Gasteiger partial charge in [-0.05, 0) is 51.3 Å². The number of piperidine rings is 1. The number of rotatable bonds is 4. The number of carboxylic acid groups (broad SMARTS) is 1. The van der Waals surface area contributed by atoms with Crippen LogP contribution in [0.3, 0.4) is 0 Å². The fourth-order valence-electron chi connectivity index (χ4n) is 2.96. The second-order valence-electron chi connectivity index (χ2n) is 7.08. The molecule has 1 aromatic heterocycles. The third-order valence-electron chi connectivity index (χ3n) is 4.02. The molecule has 1 fully saturated rings. The van der Waals surface area contributed by atoms with Gasteiger partial charge in [0.1, 0.15) is 11.6 Å². The standard InChI is InChI=1S/C17H25N3O4/c1-17(2,3)24-16(23)12-6-9-20(13(18)10-12)14(15(21)22)11-4-7-19-8-5-11/h4-5,7-8,12-14H,6,9-10,18H2,1-3H3,(H,21,22)/t12-,13+,14-/m1/s1. The molecule has 1 aliphatic heterocycles. The van der Waals surface area contributed by atoms with Crippen LogP contribution in [0, 0.1) is 5.92 Å². The largest absolute Gasteiger partial charge is 0.480 e. The quantitative estimate of drug-likeness (QED) is 0.804. The predicted octanol–water partition coefficient (Wildman–Crippen LogP) is 1.55. The number of likely N-dealkylation sites (tertiary alicyclic amines) is 1. The van der Waals surface area contributed by atoms with E-state index in [2.05, 4.69) is 4.98 Å². The van der Waals surface area contributed by atoms with Crippen molar-refractivity contribution in [2.24, 2.45) is 11.7 Å². The lowest BCUT2D eigenvalue weighted by atomic mass is 9.92. The first-order valence-corrected chi connectivity index (χ1v) is 8.06. The molecule has 0 unspecified atom stereocenters. The Morgan fingerprint density at radius 1 is 1.38 bits per heavy atom. The Morgan fingerprint density at radius 3 is 2.50 bits per heavy atom. The Balaban J connectivity index is 2.09. The fourth-order valence-corrected chi connectivity index (χ4v) is 2.96. The minimum Gasteiger partial charge on any atom is -0.480 e. The van der Waals surface area contributed by atoms with Gasteiger partial charge in [0, 0.05) is 18.9 Å². The lowest BCUT2D eigenvalue weighted by Gasteiger charge is -2.40. The third-order valence-corrected chi connectivity index (χ3v) is 4.02. The Bertz CT molecular complexity index is 585. The lowest BCUT2D eigenvalue weighted by Crippen LogP contribution is -2.52. The Kier molecular flexibility index (Phi) is 5.56. The molecular formula is C17H25N3O4. The number of esters is 1. The molecule has 1 aliphatic rings. The maximum atomic E-state index is 12.2. The van der Waals surface area contributed by atoms with Crippen LogP contribution in [0.2, 0.25) is 0 Å². The molecule has 7 nitrogen and oxygen atoms in total. The number of ether oxygens (including phenoxy) is 1. The Hall–Kier alpha value is -1.99. The van der Waals surface area contributed by atoms with Gasteiger partial charge in [-0.3, -0.25) is 19.5 Å². The minimum absolute atomic E-state index is 0.270. The minimum atomic E-state index is -0.965. The van der Waals surface area contributed by atoms with Crippen LogP contribution in [0.4, 0.5) is 0 Å². The number of nitrogens with zero attached hydrogens (tertiary/aromatic N) is 2. The molecule has 0 radical (unpaired) electrons. The fraction of sp³-hybridized carbons (Fsp3) is 0.588. The average Bonchev–Trinajstić information content (AvgIpc) is 2.48. The van der Waals surface area contributed by atoms with Crippen molar-refractivity contribution in [2.45, 2.75) is 51.4 Å². The summed E-state index contributed by atoms with van der Waals surface area (Å²) < 4.78 is 5.42. The number of carbonyl (C=O) groups is 2. The maximum absolute atomic E-state index is 12.2. The Morgan fingerprint density at radius 2 is 2.00 bits per heavy atom. The second kappa shape index (κ2) is 7.27. The van der Waals surface area contributed by atoms with Crippen LogP contribution in [0.5, 0.6) is 0 Å². The van der Waals surface area contributed by atoms with Crippen LogP contribution in [0.1, 0.15) is 45.2 Å². The summed E-state index contributed by atoms with van der Waals surface area (Å²) in [6, 6.07) is 2.50. The van der Waals surface area contributed by atoms with Gasteiger partial charge in [0.2, 0.25) is 0 Å². The van der Waals surface area contributed by atoms with Gasteiger partial charge in [0.15, 0.2) is 0 Å². The van der Waals surface area contributed by atoms with E-state index in [1.54, 1.807) is 29.4 Å². The van der Waals surface area contributed by atoms with Crippen molar-refractivity contribution in [3.63, 3.8) is 0 Å². The molecule has 0 aromatic carbocycles. The smallest absolute Gasteiger partial charge is 0.325 e. The van der Waals surface area contributed by atoms with E-state index < -0.39 is 23.8 Å². The molecular weight excluding hydrogens is 310 g/mol.